The molecule has 2 aromatic carbocycles. The molecule has 5 heteroatoms. The summed E-state index contributed by atoms with van der Waals surface area (Å²) in [5.74, 6) is -1.20. The fourth-order valence-corrected chi connectivity index (χ4v) is 2.17. The van der Waals surface area contributed by atoms with Gasteiger partial charge in [-0.3, -0.25) is 0 Å². The van der Waals surface area contributed by atoms with Crippen molar-refractivity contribution >= 4 is 21.9 Å². The molecule has 0 radical (unpaired) electrons. The molecule has 0 aliphatic carbocycles. The van der Waals surface area contributed by atoms with E-state index >= 15 is 0 Å². The zero-order valence-corrected chi connectivity index (χ0v) is 12.2. The molecule has 0 amide bonds. The summed E-state index contributed by atoms with van der Waals surface area (Å²) in [5.41, 5.74) is 2.08. The molecule has 0 aliphatic rings. The highest BCUT2D eigenvalue weighted by atomic mass is 79.9. The summed E-state index contributed by atoms with van der Waals surface area (Å²) in [4.78, 5) is 10.7. The summed E-state index contributed by atoms with van der Waals surface area (Å²) in [6, 6.07) is 11.2. The Bertz CT molecular complexity index is 614. The van der Waals surface area contributed by atoms with E-state index in [2.05, 4.69) is 21.2 Å². The Morgan fingerprint density at radius 2 is 1.85 bits per heavy atom. The summed E-state index contributed by atoms with van der Waals surface area (Å²) in [5, 5.41) is 12.0. The fourth-order valence-electron chi connectivity index (χ4n) is 1.79. The standard InChI is InChI=1S/C15H13BrFNO2/c16-14-6-5-13(17)7-12(14)9-18-8-10-1-3-11(4-2-10)15(19)20/h1-7,18H,8-9H2,(H,19,20). The normalized spacial score (nSPS) is 10.5. The zero-order chi connectivity index (χ0) is 14.5. The van der Waals surface area contributed by atoms with Crippen molar-refractivity contribution < 1.29 is 14.3 Å². The highest BCUT2D eigenvalue weighted by Gasteiger charge is 2.03. The molecule has 0 saturated carbocycles. The molecule has 0 fully saturated rings. The Hall–Kier alpha value is -1.72. The van der Waals surface area contributed by atoms with Crippen LogP contribution in [0.1, 0.15) is 21.5 Å². The predicted molar refractivity (Wildman–Crippen MR) is 78.0 cm³/mol. The molecule has 0 bridgehead atoms. The second kappa shape index (κ2) is 6.63. The summed E-state index contributed by atoms with van der Waals surface area (Å²) in [7, 11) is 0. The van der Waals surface area contributed by atoms with Crippen LogP contribution in [-0.4, -0.2) is 11.1 Å². The Balaban J connectivity index is 1.92. The molecule has 3 nitrogen and oxygen atoms in total. The lowest BCUT2D eigenvalue weighted by Crippen LogP contribution is -2.13. The van der Waals surface area contributed by atoms with Gasteiger partial charge in [0.25, 0.3) is 0 Å². The highest BCUT2D eigenvalue weighted by molar-refractivity contribution is 9.10. The highest BCUT2D eigenvalue weighted by Crippen LogP contribution is 2.17. The molecule has 2 rings (SSSR count). The molecular weight excluding hydrogens is 325 g/mol. The summed E-state index contributed by atoms with van der Waals surface area (Å²) in [6.45, 7) is 1.11. The number of hydrogen-bond donors (Lipinski definition) is 2. The third kappa shape index (κ3) is 3.88. The van der Waals surface area contributed by atoms with Crippen molar-refractivity contribution in [1.29, 1.82) is 0 Å². The van der Waals surface area contributed by atoms with Crippen LogP contribution >= 0.6 is 15.9 Å². The zero-order valence-electron chi connectivity index (χ0n) is 10.6. The molecule has 0 aromatic heterocycles. The first kappa shape index (κ1) is 14.7. The third-order valence-corrected chi connectivity index (χ3v) is 3.63. The largest absolute Gasteiger partial charge is 0.478 e. The average Bonchev–Trinajstić information content (AvgIpc) is 2.43. The Labute approximate surface area is 124 Å². The summed E-state index contributed by atoms with van der Waals surface area (Å²) in [6.07, 6.45) is 0. The van der Waals surface area contributed by atoms with E-state index in [1.807, 2.05) is 0 Å². The van der Waals surface area contributed by atoms with E-state index in [0.717, 1.165) is 15.6 Å². The Kier molecular flexibility index (Phi) is 4.87. The topological polar surface area (TPSA) is 49.3 Å². The van der Waals surface area contributed by atoms with Crippen LogP contribution in [0.2, 0.25) is 0 Å². The monoisotopic (exact) mass is 337 g/mol. The fraction of sp³-hybridized carbons (Fsp3) is 0.133. The first-order valence-corrected chi connectivity index (χ1v) is 6.82. The number of carboxylic acid groups (broad SMARTS) is 1. The molecule has 0 atom stereocenters. The average molecular weight is 338 g/mol. The van der Waals surface area contributed by atoms with Gasteiger partial charge < -0.3 is 10.4 Å². The van der Waals surface area contributed by atoms with Crippen LogP contribution in [0.5, 0.6) is 0 Å². The molecule has 0 aliphatic heterocycles. The molecular formula is C15H13BrFNO2. The summed E-state index contributed by atoms with van der Waals surface area (Å²) < 4.78 is 14.0. The van der Waals surface area contributed by atoms with Gasteiger partial charge in [0.1, 0.15) is 5.82 Å². The van der Waals surface area contributed by atoms with Gasteiger partial charge in [-0.25, -0.2) is 9.18 Å². The van der Waals surface area contributed by atoms with Crippen molar-refractivity contribution in [3.05, 3.63) is 69.4 Å². The van der Waals surface area contributed by atoms with Crippen molar-refractivity contribution in [3.8, 4) is 0 Å². The van der Waals surface area contributed by atoms with Crippen LogP contribution in [0.4, 0.5) is 4.39 Å². The number of benzene rings is 2. The number of carbonyl (C=O) groups is 1. The Morgan fingerprint density at radius 1 is 1.15 bits per heavy atom. The van der Waals surface area contributed by atoms with E-state index in [0.29, 0.717) is 13.1 Å². The van der Waals surface area contributed by atoms with Crippen molar-refractivity contribution in [2.24, 2.45) is 0 Å². The third-order valence-electron chi connectivity index (χ3n) is 2.85. The molecule has 2 N–H and O–H groups in total. The van der Waals surface area contributed by atoms with Gasteiger partial charge in [0.15, 0.2) is 0 Å². The van der Waals surface area contributed by atoms with Gasteiger partial charge in [-0.1, -0.05) is 28.1 Å². The van der Waals surface area contributed by atoms with E-state index < -0.39 is 5.97 Å². The van der Waals surface area contributed by atoms with E-state index in [1.54, 1.807) is 30.3 Å². The number of carboxylic acids is 1. The molecule has 104 valence electrons. The van der Waals surface area contributed by atoms with Crippen LogP contribution in [0, 0.1) is 5.82 Å². The van der Waals surface area contributed by atoms with E-state index in [1.165, 1.54) is 12.1 Å². The van der Waals surface area contributed by atoms with Crippen LogP contribution in [0.3, 0.4) is 0 Å². The number of aromatic carboxylic acids is 1. The minimum absolute atomic E-state index is 0.265. The van der Waals surface area contributed by atoms with E-state index in [-0.39, 0.29) is 11.4 Å². The van der Waals surface area contributed by atoms with Gasteiger partial charge in [0.2, 0.25) is 0 Å². The minimum Gasteiger partial charge on any atom is -0.478 e. The van der Waals surface area contributed by atoms with Gasteiger partial charge >= 0.3 is 5.97 Å². The minimum atomic E-state index is -0.937. The maximum absolute atomic E-state index is 13.1. The SMILES string of the molecule is O=C(O)c1ccc(CNCc2cc(F)ccc2Br)cc1. The van der Waals surface area contributed by atoms with Crippen LogP contribution in [0.15, 0.2) is 46.9 Å². The second-order valence-corrected chi connectivity index (χ2v) is 5.20. The second-order valence-electron chi connectivity index (χ2n) is 4.34. The molecule has 0 unspecified atom stereocenters. The number of hydrogen-bond acceptors (Lipinski definition) is 2. The quantitative estimate of drug-likeness (QED) is 0.876. The van der Waals surface area contributed by atoms with Crippen molar-refractivity contribution in [2.45, 2.75) is 13.1 Å². The molecule has 2 aromatic rings. The van der Waals surface area contributed by atoms with Gasteiger partial charge in [-0.2, -0.15) is 0 Å². The molecule has 0 heterocycles. The lowest BCUT2D eigenvalue weighted by Gasteiger charge is -2.07. The lowest BCUT2D eigenvalue weighted by atomic mass is 10.1. The summed E-state index contributed by atoms with van der Waals surface area (Å²) >= 11 is 3.37. The maximum Gasteiger partial charge on any atom is 0.335 e. The number of rotatable bonds is 5. The van der Waals surface area contributed by atoms with Gasteiger partial charge in [0, 0.05) is 17.6 Å². The van der Waals surface area contributed by atoms with Gasteiger partial charge in [-0.15, -0.1) is 0 Å². The van der Waals surface area contributed by atoms with E-state index in [9.17, 15) is 9.18 Å². The molecule has 20 heavy (non-hydrogen) atoms. The van der Waals surface area contributed by atoms with Crippen molar-refractivity contribution in [1.82, 2.24) is 5.32 Å². The maximum atomic E-state index is 13.1. The van der Waals surface area contributed by atoms with Gasteiger partial charge in [-0.05, 0) is 41.5 Å². The van der Waals surface area contributed by atoms with Crippen LogP contribution in [0.25, 0.3) is 0 Å². The Morgan fingerprint density at radius 3 is 2.50 bits per heavy atom. The predicted octanol–water partition coefficient (Wildman–Crippen LogP) is 3.58. The van der Waals surface area contributed by atoms with Crippen LogP contribution in [-0.2, 0) is 13.1 Å². The van der Waals surface area contributed by atoms with Crippen LogP contribution < -0.4 is 5.32 Å². The van der Waals surface area contributed by atoms with Crippen molar-refractivity contribution in [3.63, 3.8) is 0 Å². The number of halogens is 2. The number of nitrogens with one attached hydrogen (secondary N) is 1. The lowest BCUT2D eigenvalue weighted by molar-refractivity contribution is 0.0697. The van der Waals surface area contributed by atoms with Crippen molar-refractivity contribution in [2.75, 3.05) is 0 Å². The first-order chi connectivity index (χ1) is 9.56. The smallest absolute Gasteiger partial charge is 0.335 e. The molecule has 0 saturated heterocycles. The van der Waals surface area contributed by atoms with Gasteiger partial charge in [0.05, 0.1) is 5.56 Å². The molecule has 0 spiro atoms. The first-order valence-electron chi connectivity index (χ1n) is 6.03. The van der Waals surface area contributed by atoms with E-state index in [4.69, 9.17) is 5.11 Å².